The summed E-state index contributed by atoms with van der Waals surface area (Å²) in [7, 11) is 4.43. The van der Waals surface area contributed by atoms with Crippen LogP contribution in [0.25, 0.3) is 22.4 Å². The number of pyridine rings is 1. The van der Waals surface area contributed by atoms with Crippen LogP contribution in [-0.4, -0.2) is 72.8 Å². The Morgan fingerprint density at radius 2 is 1.89 bits per heavy atom. The number of carbonyl (C=O) groups excluding carboxylic acids is 2. The molecular weight excluding hydrogens is 456 g/mol. The van der Waals surface area contributed by atoms with Gasteiger partial charge in [-0.25, -0.2) is 9.78 Å². The lowest BCUT2D eigenvalue weighted by Gasteiger charge is -2.32. The predicted octanol–water partition coefficient (Wildman–Crippen LogP) is 2.21. The SMILES string of the molecule is COc1cc2nc(-c3ncccc3NC3CCN(C(N)=O)CC3)nc(OC=O)c2c(OC)c1OC. The maximum Gasteiger partial charge on any atom is 0.314 e. The molecule has 2 aromatic heterocycles. The number of nitrogens with two attached hydrogens (primary N) is 1. The topological polar surface area (TPSA) is 151 Å². The van der Waals surface area contributed by atoms with Gasteiger partial charge in [0.05, 0.1) is 32.5 Å². The summed E-state index contributed by atoms with van der Waals surface area (Å²) in [5.74, 6) is 1.20. The van der Waals surface area contributed by atoms with Crippen molar-refractivity contribution in [1.82, 2.24) is 19.9 Å². The molecule has 3 heterocycles. The summed E-state index contributed by atoms with van der Waals surface area (Å²) in [6, 6.07) is 5.00. The van der Waals surface area contributed by atoms with Crippen LogP contribution in [0.2, 0.25) is 0 Å². The number of amides is 2. The summed E-state index contributed by atoms with van der Waals surface area (Å²) >= 11 is 0. The molecule has 1 aromatic carbocycles. The van der Waals surface area contributed by atoms with E-state index in [1.807, 2.05) is 6.07 Å². The molecule has 12 nitrogen and oxygen atoms in total. The highest BCUT2D eigenvalue weighted by Crippen LogP contribution is 2.46. The minimum Gasteiger partial charge on any atom is -0.493 e. The first-order valence-corrected chi connectivity index (χ1v) is 10.9. The number of piperidine rings is 1. The Hall–Kier alpha value is -4.35. The van der Waals surface area contributed by atoms with E-state index in [1.54, 1.807) is 23.2 Å². The number of nitrogens with zero attached hydrogens (tertiary/aromatic N) is 4. The number of fused-ring (bicyclic) bond motifs is 1. The fraction of sp³-hybridized carbons (Fsp3) is 0.348. The molecule has 3 aromatic rings. The van der Waals surface area contributed by atoms with Gasteiger partial charge in [-0.2, -0.15) is 4.98 Å². The lowest BCUT2D eigenvalue weighted by Crippen LogP contribution is -2.44. The second kappa shape index (κ2) is 10.3. The summed E-state index contributed by atoms with van der Waals surface area (Å²) < 4.78 is 21.6. The van der Waals surface area contributed by atoms with Gasteiger partial charge in [-0.3, -0.25) is 9.78 Å². The number of rotatable bonds is 8. The molecule has 184 valence electrons. The normalized spacial score (nSPS) is 13.9. The Kier molecular flexibility index (Phi) is 6.99. The first kappa shape index (κ1) is 23.8. The van der Waals surface area contributed by atoms with Gasteiger partial charge in [0.25, 0.3) is 6.47 Å². The van der Waals surface area contributed by atoms with Crippen molar-refractivity contribution in [3.63, 3.8) is 0 Å². The average Bonchev–Trinajstić information content (AvgIpc) is 2.88. The summed E-state index contributed by atoms with van der Waals surface area (Å²) in [6.07, 6.45) is 3.08. The zero-order valence-corrected chi connectivity index (χ0v) is 19.6. The third-order valence-corrected chi connectivity index (χ3v) is 5.80. The van der Waals surface area contributed by atoms with Gasteiger partial charge in [0.2, 0.25) is 11.6 Å². The van der Waals surface area contributed by atoms with Crippen LogP contribution < -0.4 is 30.0 Å². The van der Waals surface area contributed by atoms with E-state index in [0.717, 1.165) is 12.8 Å². The number of anilines is 1. The Labute approximate surface area is 201 Å². The molecule has 12 heteroatoms. The molecular formula is C23H26N6O6. The number of primary amides is 1. The predicted molar refractivity (Wildman–Crippen MR) is 127 cm³/mol. The molecule has 35 heavy (non-hydrogen) atoms. The Balaban J connectivity index is 1.78. The van der Waals surface area contributed by atoms with Crippen molar-refractivity contribution in [1.29, 1.82) is 0 Å². The van der Waals surface area contributed by atoms with Crippen LogP contribution in [0.5, 0.6) is 23.1 Å². The lowest BCUT2D eigenvalue weighted by atomic mass is 10.0. The standard InChI is InChI=1S/C23H26N6O6/c1-32-16-11-15-17(20(34-3)19(16)33-2)22(35-12-30)28-21(27-15)18-14(5-4-8-25-18)26-13-6-9-29(10-7-13)23(24)31/h4-5,8,11-13,26H,6-7,9-10H2,1-3H3,(H2,24,31). The number of aromatic nitrogens is 3. The fourth-order valence-electron chi connectivity index (χ4n) is 4.13. The minimum absolute atomic E-state index is 0.0100. The van der Waals surface area contributed by atoms with E-state index >= 15 is 0 Å². The molecule has 0 unspecified atom stereocenters. The monoisotopic (exact) mass is 482 g/mol. The van der Waals surface area contributed by atoms with Gasteiger partial charge in [0.1, 0.15) is 11.1 Å². The summed E-state index contributed by atoms with van der Waals surface area (Å²) in [6.45, 7) is 1.41. The molecule has 1 aliphatic rings. The summed E-state index contributed by atoms with van der Waals surface area (Å²) in [5.41, 5.74) is 6.97. The molecule has 1 aliphatic heterocycles. The highest BCUT2D eigenvalue weighted by atomic mass is 16.5. The van der Waals surface area contributed by atoms with Crippen LogP contribution in [-0.2, 0) is 4.79 Å². The molecule has 0 atom stereocenters. The number of hydrogen-bond donors (Lipinski definition) is 2. The first-order valence-electron chi connectivity index (χ1n) is 10.9. The van der Waals surface area contributed by atoms with Crippen LogP contribution in [0.1, 0.15) is 12.8 Å². The quantitative estimate of drug-likeness (QED) is 0.457. The third kappa shape index (κ3) is 4.67. The van der Waals surface area contributed by atoms with E-state index in [2.05, 4.69) is 20.3 Å². The first-order chi connectivity index (χ1) is 17.0. The molecule has 4 rings (SSSR count). The fourth-order valence-corrected chi connectivity index (χ4v) is 4.13. The van der Waals surface area contributed by atoms with Gasteiger partial charge in [-0.05, 0) is 25.0 Å². The molecule has 2 amide bonds. The van der Waals surface area contributed by atoms with E-state index in [4.69, 9.17) is 24.7 Å². The number of methoxy groups -OCH3 is 3. The number of likely N-dealkylation sites (tertiary alicyclic amines) is 1. The van der Waals surface area contributed by atoms with Gasteiger partial charge in [-0.1, -0.05) is 0 Å². The number of nitrogens with one attached hydrogen (secondary N) is 1. The molecule has 3 N–H and O–H groups in total. The highest BCUT2D eigenvalue weighted by molar-refractivity contribution is 5.96. The van der Waals surface area contributed by atoms with Crippen molar-refractivity contribution in [2.75, 3.05) is 39.7 Å². The highest BCUT2D eigenvalue weighted by Gasteiger charge is 2.25. The van der Waals surface area contributed by atoms with Gasteiger partial charge in [0, 0.05) is 31.4 Å². The Bertz CT molecular complexity index is 1240. The van der Waals surface area contributed by atoms with E-state index < -0.39 is 6.03 Å². The number of carbonyl (C=O) groups is 2. The van der Waals surface area contributed by atoms with Crippen molar-refractivity contribution in [2.45, 2.75) is 18.9 Å². The zero-order chi connectivity index (χ0) is 24.9. The molecule has 0 spiro atoms. The van der Waals surface area contributed by atoms with Gasteiger partial charge >= 0.3 is 6.03 Å². The third-order valence-electron chi connectivity index (χ3n) is 5.80. The second-order valence-corrected chi connectivity index (χ2v) is 7.75. The maximum absolute atomic E-state index is 11.4. The van der Waals surface area contributed by atoms with Crippen molar-refractivity contribution >= 4 is 29.1 Å². The van der Waals surface area contributed by atoms with Crippen LogP contribution in [0, 0.1) is 0 Å². The second-order valence-electron chi connectivity index (χ2n) is 7.75. The Morgan fingerprint density at radius 3 is 2.51 bits per heavy atom. The molecule has 0 bridgehead atoms. The smallest absolute Gasteiger partial charge is 0.314 e. The number of hydrogen-bond acceptors (Lipinski definition) is 10. The summed E-state index contributed by atoms with van der Waals surface area (Å²) in [5, 5.41) is 3.82. The van der Waals surface area contributed by atoms with E-state index in [0.29, 0.717) is 46.9 Å². The molecule has 1 fully saturated rings. The maximum atomic E-state index is 11.4. The minimum atomic E-state index is -0.416. The van der Waals surface area contributed by atoms with Gasteiger partial charge in [0.15, 0.2) is 17.3 Å². The number of urea groups is 1. The largest absolute Gasteiger partial charge is 0.493 e. The van der Waals surface area contributed by atoms with Crippen LogP contribution in [0.15, 0.2) is 24.4 Å². The van der Waals surface area contributed by atoms with E-state index in [9.17, 15) is 9.59 Å². The van der Waals surface area contributed by atoms with Gasteiger partial charge in [-0.15, -0.1) is 0 Å². The van der Waals surface area contributed by atoms with Gasteiger partial charge < -0.3 is 34.9 Å². The van der Waals surface area contributed by atoms with Crippen molar-refractivity contribution in [3.05, 3.63) is 24.4 Å². The lowest BCUT2D eigenvalue weighted by molar-refractivity contribution is -0.120. The van der Waals surface area contributed by atoms with Crippen molar-refractivity contribution < 1.29 is 28.5 Å². The Morgan fingerprint density at radius 1 is 1.14 bits per heavy atom. The summed E-state index contributed by atoms with van der Waals surface area (Å²) in [4.78, 5) is 38.0. The van der Waals surface area contributed by atoms with Crippen molar-refractivity contribution in [2.24, 2.45) is 5.73 Å². The van der Waals surface area contributed by atoms with E-state index in [-0.39, 0.29) is 30.0 Å². The van der Waals surface area contributed by atoms with Crippen LogP contribution in [0.4, 0.5) is 10.5 Å². The average molecular weight is 482 g/mol. The molecule has 1 saturated heterocycles. The van der Waals surface area contributed by atoms with E-state index in [1.165, 1.54) is 21.3 Å². The molecule has 0 radical (unpaired) electrons. The molecule has 0 aliphatic carbocycles. The molecule has 0 saturated carbocycles. The number of ether oxygens (including phenoxy) is 4. The zero-order valence-electron chi connectivity index (χ0n) is 19.6. The van der Waals surface area contributed by atoms with Crippen molar-refractivity contribution in [3.8, 4) is 34.6 Å². The van der Waals surface area contributed by atoms with Crippen LogP contribution >= 0.6 is 0 Å². The number of benzene rings is 1. The van der Waals surface area contributed by atoms with Crippen LogP contribution in [0.3, 0.4) is 0 Å².